The first-order valence-electron chi connectivity index (χ1n) is 5.36. The molecule has 0 spiro atoms. The Kier molecular flexibility index (Phi) is 3.69. The predicted octanol–water partition coefficient (Wildman–Crippen LogP) is 2.12. The molecule has 1 heterocycles. The molecule has 0 aliphatic rings. The molecule has 80 valence electrons. The summed E-state index contributed by atoms with van der Waals surface area (Å²) in [4.78, 5) is 0. The molecule has 0 aliphatic carbocycles. The Morgan fingerprint density at radius 2 is 2.07 bits per heavy atom. The first-order chi connectivity index (χ1) is 6.54. The lowest BCUT2D eigenvalue weighted by Gasteiger charge is -2.06. The van der Waals surface area contributed by atoms with E-state index >= 15 is 0 Å². The van der Waals surface area contributed by atoms with Crippen LogP contribution in [0.25, 0.3) is 0 Å². The number of hydrogen-bond acceptors (Lipinski definition) is 2. The highest BCUT2D eigenvalue weighted by molar-refractivity contribution is 5.13. The molecule has 1 aromatic rings. The molecule has 3 nitrogen and oxygen atoms in total. The Labute approximate surface area is 86.3 Å². The van der Waals surface area contributed by atoms with Gasteiger partial charge in [-0.15, -0.1) is 0 Å². The topological polar surface area (TPSA) is 43.8 Å². The van der Waals surface area contributed by atoms with E-state index in [4.69, 9.17) is 5.73 Å². The minimum absolute atomic E-state index is 0.0726. The molecule has 0 fully saturated rings. The van der Waals surface area contributed by atoms with Gasteiger partial charge in [0.05, 0.1) is 11.4 Å². The highest BCUT2D eigenvalue weighted by atomic mass is 15.3. The van der Waals surface area contributed by atoms with Crippen LogP contribution in [0.4, 0.5) is 0 Å². The Morgan fingerprint density at radius 3 is 2.43 bits per heavy atom. The Bertz CT molecular complexity index is 287. The van der Waals surface area contributed by atoms with Crippen LogP contribution in [-0.4, -0.2) is 9.78 Å². The largest absolute Gasteiger partial charge is 0.323 e. The zero-order chi connectivity index (χ0) is 10.7. The monoisotopic (exact) mass is 195 g/mol. The average molecular weight is 195 g/mol. The fraction of sp³-hybridized carbons (Fsp3) is 0.727. The van der Waals surface area contributed by atoms with Gasteiger partial charge in [0, 0.05) is 12.6 Å². The summed E-state index contributed by atoms with van der Waals surface area (Å²) in [6, 6.07) is 2.21. The molecule has 2 N–H and O–H groups in total. The molecular weight excluding hydrogens is 174 g/mol. The van der Waals surface area contributed by atoms with Gasteiger partial charge in [0.25, 0.3) is 0 Å². The quantitative estimate of drug-likeness (QED) is 0.799. The Balaban J connectivity index is 2.89. The van der Waals surface area contributed by atoms with Crippen molar-refractivity contribution in [3.8, 4) is 0 Å². The van der Waals surface area contributed by atoms with Gasteiger partial charge in [0.2, 0.25) is 0 Å². The summed E-state index contributed by atoms with van der Waals surface area (Å²) in [5, 5.41) is 4.53. The lowest BCUT2D eigenvalue weighted by Crippen LogP contribution is -2.12. The fourth-order valence-corrected chi connectivity index (χ4v) is 1.62. The molecule has 0 unspecified atom stereocenters. The lowest BCUT2D eigenvalue weighted by molar-refractivity contribution is 0.570. The summed E-state index contributed by atoms with van der Waals surface area (Å²) in [6.45, 7) is 9.41. The van der Waals surface area contributed by atoms with E-state index in [-0.39, 0.29) is 6.04 Å². The van der Waals surface area contributed by atoms with Gasteiger partial charge in [-0.2, -0.15) is 5.10 Å². The summed E-state index contributed by atoms with van der Waals surface area (Å²) in [5.74, 6) is 0.649. The van der Waals surface area contributed by atoms with Crippen LogP contribution in [0.3, 0.4) is 0 Å². The van der Waals surface area contributed by atoms with E-state index in [9.17, 15) is 0 Å². The minimum Gasteiger partial charge on any atom is -0.323 e. The molecule has 3 heteroatoms. The van der Waals surface area contributed by atoms with E-state index in [1.807, 2.05) is 11.6 Å². The van der Waals surface area contributed by atoms with Crippen molar-refractivity contribution in [2.45, 2.75) is 46.7 Å². The highest BCUT2D eigenvalue weighted by Gasteiger charge is 2.10. The van der Waals surface area contributed by atoms with Crippen LogP contribution in [0.15, 0.2) is 6.07 Å². The Hall–Kier alpha value is -0.830. The average Bonchev–Trinajstić information content (AvgIpc) is 2.46. The molecule has 1 aromatic heterocycles. The van der Waals surface area contributed by atoms with Crippen molar-refractivity contribution in [1.29, 1.82) is 0 Å². The molecule has 0 radical (unpaired) electrons. The second-order valence-corrected chi connectivity index (χ2v) is 4.26. The van der Waals surface area contributed by atoms with Crippen molar-refractivity contribution in [1.82, 2.24) is 9.78 Å². The Morgan fingerprint density at radius 1 is 1.43 bits per heavy atom. The van der Waals surface area contributed by atoms with Gasteiger partial charge in [0.1, 0.15) is 0 Å². The van der Waals surface area contributed by atoms with Crippen molar-refractivity contribution in [2.75, 3.05) is 0 Å². The van der Waals surface area contributed by atoms with Crippen LogP contribution in [0.2, 0.25) is 0 Å². The zero-order valence-corrected chi connectivity index (χ0v) is 9.62. The summed E-state index contributed by atoms with van der Waals surface area (Å²) in [7, 11) is 0. The predicted molar refractivity (Wildman–Crippen MR) is 59.0 cm³/mol. The maximum absolute atomic E-state index is 5.87. The van der Waals surface area contributed by atoms with Crippen LogP contribution >= 0.6 is 0 Å². The molecule has 0 bridgehead atoms. The van der Waals surface area contributed by atoms with Gasteiger partial charge < -0.3 is 5.73 Å². The number of aryl methyl sites for hydroxylation is 1. The van der Waals surface area contributed by atoms with Gasteiger partial charge >= 0.3 is 0 Å². The van der Waals surface area contributed by atoms with Crippen molar-refractivity contribution >= 4 is 0 Å². The summed E-state index contributed by atoms with van der Waals surface area (Å²) >= 11 is 0. The highest BCUT2D eigenvalue weighted by Crippen LogP contribution is 2.14. The number of aromatic nitrogens is 2. The van der Waals surface area contributed by atoms with Crippen molar-refractivity contribution in [3.05, 3.63) is 17.5 Å². The second-order valence-electron chi connectivity index (χ2n) is 4.26. The van der Waals surface area contributed by atoms with E-state index in [1.165, 1.54) is 0 Å². The van der Waals surface area contributed by atoms with E-state index in [0.29, 0.717) is 5.92 Å². The third-order valence-electron chi connectivity index (χ3n) is 2.25. The molecule has 14 heavy (non-hydrogen) atoms. The third-order valence-corrected chi connectivity index (χ3v) is 2.25. The van der Waals surface area contributed by atoms with Crippen LogP contribution in [0, 0.1) is 5.92 Å². The van der Waals surface area contributed by atoms with Crippen LogP contribution in [-0.2, 0) is 13.0 Å². The lowest BCUT2D eigenvalue weighted by atomic mass is 10.1. The van der Waals surface area contributed by atoms with E-state index in [1.54, 1.807) is 0 Å². The molecule has 0 aromatic carbocycles. The van der Waals surface area contributed by atoms with Crippen molar-refractivity contribution in [2.24, 2.45) is 11.7 Å². The fourth-order valence-electron chi connectivity index (χ4n) is 1.62. The molecule has 1 rings (SSSR count). The number of nitrogens with zero attached hydrogens (tertiary/aromatic N) is 2. The summed E-state index contributed by atoms with van der Waals surface area (Å²) in [5.41, 5.74) is 8.18. The first-order valence-corrected chi connectivity index (χ1v) is 5.36. The normalized spacial score (nSPS) is 13.6. The first kappa shape index (κ1) is 11.2. The van der Waals surface area contributed by atoms with Crippen molar-refractivity contribution < 1.29 is 0 Å². The minimum atomic E-state index is 0.0726. The zero-order valence-electron chi connectivity index (χ0n) is 9.62. The molecule has 0 aliphatic heterocycles. The van der Waals surface area contributed by atoms with Crippen molar-refractivity contribution in [3.63, 3.8) is 0 Å². The molecule has 0 saturated carbocycles. The van der Waals surface area contributed by atoms with Gasteiger partial charge in [-0.25, -0.2) is 0 Å². The van der Waals surface area contributed by atoms with Gasteiger partial charge in [-0.3, -0.25) is 4.68 Å². The number of rotatable bonds is 4. The number of hydrogen-bond donors (Lipinski definition) is 1. The van der Waals surface area contributed by atoms with E-state index < -0.39 is 0 Å². The maximum Gasteiger partial charge on any atom is 0.0630 e. The third kappa shape index (κ3) is 2.58. The van der Waals surface area contributed by atoms with Crippen LogP contribution < -0.4 is 5.73 Å². The maximum atomic E-state index is 5.87. The summed E-state index contributed by atoms with van der Waals surface area (Å²) < 4.78 is 2.00. The standard InChI is InChI=1S/C11H21N3/c1-5-14-11(9(4)12)7-10(13-14)6-8(2)3/h7-9H,5-6,12H2,1-4H3/t9-/m0/s1. The van der Waals surface area contributed by atoms with Crippen LogP contribution in [0.1, 0.15) is 45.1 Å². The number of nitrogens with two attached hydrogens (primary N) is 1. The van der Waals surface area contributed by atoms with Crippen LogP contribution in [0.5, 0.6) is 0 Å². The molecule has 1 atom stereocenters. The van der Waals surface area contributed by atoms with Gasteiger partial charge in [-0.1, -0.05) is 13.8 Å². The molecule has 0 saturated heterocycles. The van der Waals surface area contributed by atoms with E-state index in [2.05, 4.69) is 31.9 Å². The smallest absolute Gasteiger partial charge is 0.0630 e. The van der Waals surface area contributed by atoms with Gasteiger partial charge in [0.15, 0.2) is 0 Å². The second kappa shape index (κ2) is 4.60. The molecule has 0 amide bonds. The van der Waals surface area contributed by atoms with Gasteiger partial charge in [-0.05, 0) is 32.3 Å². The SMILES string of the molecule is CCn1nc(CC(C)C)cc1[C@H](C)N. The van der Waals surface area contributed by atoms with E-state index in [0.717, 1.165) is 24.4 Å². The molecular formula is C11H21N3. The summed E-state index contributed by atoms with van der Waals surface area (Å²) in [6.07, 6.45) is 1.03.